The highest BCUT2D eigenvalue weighted by Crippen LogP contribution is 2.41. The second kappa shape index (κ2) is 8.08. The third-order valence-electron chi connectivity index (χ3n) is 4.13. The van der Waals surface area contributed by atoms with E-state index in [1.54, 1.807) is 12.1 Å². The van der Waals surface area contributed by atoms with E-state index in [0.29, 0.717) is 17.2 Å². The Bertz CT molecular complexity index is 697. The van der Waals surface area contributed by atoms with Crippen LogP contribution in [0.4, 0.5) is 4.39 Å². The number of nitriles is 1. The average molecular weight is 447 g/mol. The first kappa shape index (κ1) is 20.9. The fraction of sp³-hybridized carbons (Fsp3) is 0.611. The van der Waals surface area contributed by atoms with Gasteiger partial charge in [0.2, 0.25) is 0 Å². The monoisotopic (exact) mass is 446 g/mol. The topological polar surface area (TPSA) is 52.9 Å². The van der Waals surface area contributed by atoms with Crippen LogP contribution in [0.1, 0.15) is 46.1 Å². The molecule has 1 fully saturated rings. The summed E-state index contributed by atoms with van der Waals surface area (Å²) in [4.78, 5) is 0. The second-order valence-electron chi connectivity index (χ2n) is 7.64. The fourth-order valence-corrected chi connectivity index (χ4v) is 5.08. The van der Waals surface area contributed by atoms with Crippen molar-refractivity contribution in [2.75, 3.05) is 5.75 Å². The Hall–Kier alpha value is -0.420. The van der Waals surface area contributed by atoms with E-state index in [2.05, 4.69) is 26.7 Å². The van der Waals surface area contributed by atoms with Crippen molar-refractivity contribution in [1.29, 1.82) is 5.26 Å². The second-order valence-corrected chi connectivity index (χ2v) is 11.6. The lowest BCUT2D eigenvalue weighted by molar-refractivity contribution is 0.463. The van der Waals surface area contributed by atoms with Crippen LogP contribution >= 0.6 is 27.7 Å². The number of rotatable bonds is 7. The predicted octanol–water partition coefficient (Wildman–Crippen LogP) is 4.89. The summed E-state index contributed by atoms with van der Waals surface area (Å²) in [5, 5.41) is 9.28. The van der Waals surface area contributed by atoms with E-state index < -0.39 is 21.3 Å². The lowest BCUT2D eigenvalue weighted by atomic mass is 9.95. The van der Waals surface area contributed by atoms with Gasteiger partial charge in [0.05, 0.1) is 32.6 Å². The first-order valence-electron chi connectivity index (χ1n) is 8.23. The minimum absolute atomic E-state index is 0.0978. The Labute approximate surface area is 164 Å². The third kappa shape index (κ3) is 5.53. The zero-order valence-corrected chi connectivity index (χ0v) is 18.2. The fourth-order valence-electron chi connectivity index (χ4n) is 2.37. The molecule has 2 rings (SSSR count). The van der Waals surface area contributed by atoms with Crippen LogP contribution in [-0.2, 0) is 16.5 Å². The highest BCUT2D eigenvalue weighted by Gasteiger charge is 2.38. The molecule has 0 aliphatic heterocycles. The number of thioether (sulfide) groups is 1. The molecule has 2 unspecified atom stereocenters. The lowest BCUT2D eigenvalue weighted by Gasteiger charge is -2.34. The summed E-state index contributed by atoms with van der Waals surface area (Å²) >= 11 is 4.91. The molecule has 0 radical (unpaired) electrons. The van der Waals surface area contributed by atoms with Crippen LogP contribution in [0.2, 0.25) is 0 Å². The summed E-state index contributed by atoms with van der Waals surface area (Å²) < 4.78 is 30.7. The van der Waals surface area contributed by atoms with E-state index in [9.17, 15) is 13.9 Å². The van der Waals surface area contributed by atoms with Gasteiger partial charge in [-0.05, 0) is 64.7 Å². The Morgan fingerprint density at radius 3 is 2.60 bits per heavy atom. The normalized spacial score (nSPS) is 19.7. The van der Waals surface area contributed by atoms with Gasteiger partial charge in [-0.15, -0.1) is 11.8 Å². The zero-order chi connectivity index (χ0) is 18.8. The molecule has 7 heteroatoms. The third-order valence-corrected chi connectivity index (χ3v) is 7.96. The van der Waals surface area contributed by atoms with Crippen molar-refractivity contribution >= 4 is 38.7 Å². The summed E-state index contributed by atoms with van der Waals surface area (Å²) in [6.45, 7) is 7.49. The van der Waals surface area contributed by atoms with Crippen LogP contribution in [0.25, 0.3) is 0 Å². The van der Waals surface area contributed by atoms with E-state index >= 15 is 0 Å². The minimum atomic E-state index is -1.36. The van der Waals surface area contributed by atoms with E-state index in [1.807, 2.05) is 27.7 Å². The van der Waals surface area contributed by atoms with Gasteiger partial charge in [0.25, 0.3) is 0 Å². The maximum Gasteiger partial charge on any atom is 0.128 e. The first-order valence-corrected chi connectivity index (χ1v) is 11.2. The van der Waals surface area contributed by atoms with Crippen LogP contribution in [-0.4, -0.2) is 20.0 Å². The van der Waals surface area contributed by atoms with Gasteiger partial charge in [0.15, 0.2) is 0 Å². The standard InChI is InChI=1S/C18H24BrFN2OS2/c1-17(2,3)25(23)22-18(4,11-24-16(10-21)12-5-6-12)14-9-13(19)7-8-15(14)20/h7-9,12,16,22H,5-6,11H2,1-4H3/t16?,18-,25?/m0/s1. The molecule has 1 aliphatic rings. The SMILES string of the molecule is CC(C)(C)S(=O)N[C@@](C)(CSC(C#N)C1CC1)c1cc(Br)ccc1F. The summed E-state index contributed by atoms with van der Waals surface area (Å²) in [6, 6.07) is 7.14. The lowest BCUT2D eigenvalue weighted by Crippen LogP contribution is -2.48. The van der Waals surface area contributed by atoms with Crippen LogP contribution in [0.15, 0.2) is 22.7 Å². The Kier molecular flexibility index (Phi) is 6.75. The molecule has 0 aromatic heterocycles. The summed E-state index contributed by atoms with van der Waals surface area (Å²) in [7, 11) is -1.36. The molecule has 0 amide bonds. The molecule has 25 heavy (non-hydrogen) atoms. The molecule has 1 aliphatic carbocycles. The number of nitrogens with one attached hydrogen (secondary N) is 1. The molecule has 138 valence electrons. The van der Waals surface area contributed by atoms with Gasteiger partial charge in [-0.2, -0.15) is 5.26 Å². The smallest absolute Gasteiger partial charge is 0.128 e. The van der Waals surface area contributed by atoms with Gasteiger partial charge in [-0.1, -0.05) is 15.9 Å². The number of hydrogen-bond acceptors (Lipinski definition) is 3. The molecule has 1 aromatic rings. The van der Waals surface area contributed by atoms with E-state index in [-0.39, 0.29) is 11.1 Å². The summed E-state index contributed by atoms with van der Waals surface area (Å²) in [5.41, 5.74) is -0.389. The molecule has 3 nitrogen and oxygen atoms in total. The molecule has 0 heterocycles. The van der Waals surface area contributed by atoms with Crippen molar-refractivity contribution in [3.8, 4) is 6.07 Å². The molecule has 3 atom stereocenters. The number of hydrogen-bond donors (Lipinski definition) is 1. The van der Waals surface area contributed by atoms with E-state index in [4.69, 9.17) is 0 Å². The largest absolute Gasteiger partial charge is 0.242 e. The first-order chi connectivity index (χ1) is 11.6. The van der Waals surface area contributed by atoms with Crippen molar-refractivity contribution < 1.29 is 8.60 Å². The van der Waals surface area contributed by atoms with Gasteiger partial charge in [0, 0.05) is 15.8 Å². The van der Waals surface area contributed by atoms with Crippen molar-refractivity contribution in [3.05, 3.63) is 34.1 Å². The molecular weight excluding hydrogens is 423 g/mol. The van der Waals surface area contributed by atoms with Gasteiger partial charge in [-0.25, -0.2) is 13.3 Å². The molecular formula is C18H24BrFN2OS2. The highest BCUT2D eigenvalue weighted by atomic mass is 79.9. The van der Waals surface area contributed by atoms with Crippen LogP contribution in [0, 0.1) is 23.1 Å². The Morgan fingerprint density at radius 2 is 2.08 bits per heavy atom. The summed E-state index contributed by atoms with van der Waals surface area (Å²) in [6.07, 6.45) is 2.16. The molecule has 0 saturated heterocycles. The van der Waals surface area contributed by atoms with Crippen molar-refractivity contribution in [2.45, 2.75) is 56.1 Å². The van der Waals surface area contributed by atoms with Gasteiger partial charge in [0.1, 0.15) is 5.82 Å². The Balaban J connectivity index is 2.31. The zero-order valence-electron chi connectivity index (χ0n) is 14.9. The van der Waals surface area contributed by atoms with Gasteiger partial charge in [-0.3, -0.25) is 0 Å². The highest BCUT2D eigenvalue weighted by molar-refractivity contribution is 9.10. The summed E-state index contributed by atoms with van der Waals surface area (Å²) in [5.74, 6) is 0.557. The maximum absolute atomic E-state index is 14.6. The minimum Gasteiger partial charge on any atom is -0.242 e. The van der Waals surface area contributed by atoms with E-state index in [0.717, 1.165) is 17.3 Å². The molecule has 1 aromatic carbocycles. The maximum atomic E-state index is 14.6. The van der Waals surface area contributed by atoms with Crippen LogP contribution < -0.4 is 4.72 Å². The van der Waals surface area contributed by atoms with Gasteiger partial charge < -0.3 is 0 Å². The van der Waals surface area contributed by atoms with E-state index in [1.165, 1.54) is 17.8 Å². The number of nitrogens with zero attached hydrogens (tertiary/aromatic N) is 1. The van der Waals surface area contributed by atoms with Crippen LogP contribution in [0.3, 0.4) is 0 Å². The van der Waals surface area contributed by atoms with Gasteiger partial charge >= 0.3 is 0 Å². The van der Waals surface area contributed by atoms with Crippen molar-refractivity contribution in [3.63, 3.8) is 0 Å². The molecule has 1 N–H and O–H groups in total. The quantitative estimate of drug-likeness (QED) is 0.648. The Morgan fingerprint density at radius 1 is 1.44 bits per heavy atom. The van der Waals surface area contributed by atoms with Crippen molar-refractivity contribution in [2.24, 2.45) is 5.92 Å². The number of benzene rings is 1. The van der Waals surface area contributed by atoms with Crippen LogP contribution in [0.5, 0.6) is 0 Å². The molecule has 1 saturated carbocycles. The predicted molar refractivity (Wildman–Crippen MR) is 107 cm³/mol. The van der Waals surface area contributed by atoms with Crippen molar-refractivity contribution in [1.82, 2.24) is 4.72 Å². The average Bonchev–Trinajstić information content (AvgIpc) is 3.34. The number of halogens is 2. The molecule has 0 spiro atoms. The molecule has 0 bridgehead atoms.